The quantitative estimate of drug-likeness (QED) is 0.572. The average molecular weight is 331 g/mol. The zero-order valence-electron chi connectivity index (χ0n) is 16.1. The Morgan fingerprint density at radius 3 is 2.33 bits per heavy atom. The van der Waals surface area contributed by atoms with Crippen LogP contribution in [0.25, 0.3) is 0 Å². The number of benzene rings is 1. The van der Waals surface area contributed by atoms with Gasteiger partial charge in [-0.25, -0.2) is 0 Å². The van der Waals surface area contributed by atoms with Crippen molar-refractivity contribution in [2.45, 2.75) is 58.8 Å². The monoisotopic (exact) mass is 330 g/mol. The summed E-state index contributed by atoms with van der Waals surface area (Å²) in [4.78, 5) is 5.38. The van der Waals surface area contributed by atoms with Crippen LogP contribution < -0.4 is 0 Å². The van der Waals surface area contributed by atoms with Crippen LogP contribution in [-0.2, 0) is 6.42 Å². The predicted octanol–water partition coefficient (Wildman–Crippen LogP) is 4.84. The van der Waals surface area contributed by atoms with Gasteiger partial charge in [0.15, 0.2) is 0 Å². The molecule has 0 bridgehead atoms. The van der Waals surface area contributed by atoms with Crippen LogP contribution in [0.15, 0.2) is 30.3 Å². The highest BCUT2D eigenvalue weighted by Crippen LogP contribution is 2.10. The summed E-state index contributed by atoms with van der Waals surface area (Å²) < 4.78 is 0. The third kappa shape index (κ3) is 8.30. The molecule has 1 fully saturated rings. The van der Waals surface area contributed by atoms with Crippen molar-refractivity contribution in [1.82, 2.24) is 9.80 Å². The fourth-order valence-electron chi connectivity index (χ4n) is 3.69. The summed E-state index contributed by atoms with van der Waals surface area (Å²) in [6.07, 6.45) is 9.47. The molecule has 1 saturated heterocycles. The van der Waals surface area contributed by atoms with Crippen LogP contribution in [0.3, 0.4) is 0 Å². The van der Waals surface area contributed by atoms with E-state index in [0.717, 1.165) is 5.92 Å². The second-order valence-corrected chi connectivity index (χ2v) is 7.87. The molecule has 1 aliphatic heterocycles. The van der Waals surface area contributed by atoms with Gasteiger partial charge in [-0.15, -0.1) is 0 Å². The molecule has 1 aromatic carbocycles. The van der Waals surface area contributed by atoms with Crippen molar-refractivity contribution >= 4 is 0 Å². The third-order valence-corrected chi connectivity index (χ3v) is 5.21. The van der Waals surface area contributed by atoms with Crippen molar-refractivity contribution in [2.24, 2.45) is 5.92 Å². The number of rotatable bonds is 11. The lowest BCUT2D eigenvalue weighted by atomic mass is 10.1. The van der Waals surface area contributed by atoms with E-state index in [-0.39, 0.29) is 0 Å². The Balaban J connectivity index is 1.71. The Kier molecular flexibility index (Phi) is 9.45. The minimum Gasteiger partial charge on any atom is -0.303 e. The van der Waals surface area contributed by atoms with E-state index in [0.29, 0.717) is 0 Å². The van der Waals surface area contributed by atoms with Crippen LogP contribution in [-0.4, -0.2) is 49.1 Å². The Morgan fingerprint density at radius 1 is 0.917 bits per heavy atom. The molecule has 0 saturated carbocycles. The maximum Gasteiger partial charge on any atom is 0.00218 e. The molecule has 1 aromatic rings. The first-order valence-electron chi connectivity index (χ1n) is 10.2. The van der Waals surface area contributed by atoms with E-state index in [9.17, 15) is 0 Å². The van der Waals surface area contributed by atoms with Crippen molar-refractivity contribution in [3.8, 4) is 0 Å². The van der Waals surface area contributed by atoms with Gasteiger partial charge in [-0.1, -0.05) is 50.6 Å². The average Bonchev–Trinajstić information content (AvgIpc) is 2.61. The molecule has 0 unspecified atom stereocenters. The van der Waals surface area contributed by atoms with Crippen LogP contribution in [0.5, 0.6) is 0 Å². The van der Waals surface area contributed by atoms with Gasteiger partial charge in [-0.3, -0.25) is 0 Å². The molecule has 0 atom stereocenters. The van der Waals surface area contributed by atoms with Crippen LogP contribution >= 0.6 is 0 Å². The molecule has 2 rings (SSSR count). The summed E-state index contributed by atoms with van der Waals surface area (Å²) in [7, 11) is 0. The molecule has 2 nitrogen and oxygen atoms in total. The molecule has 0 aromatic heterocycles. The number of hydrogen-bond donors (Lipinski definition) is 0. The summed E-state index contributed by atoms with van der Waals surface area (Å²) >= 11 is 0. The molecule has 0 spiro atoms. The van der Waals surface area contributed by atoms with Gasteiger partial charge in [-0.05, 0) is 82.7 Å². The smallest absolute Gasteiger partial charge is 0.00218 e. The van der Waals surface area contributed by atoms with Crippen molar-refractivity contribution in [1.29, 1.82) is 0 Å². The summed E-state index contributed by atoms with van der Waals surface area (Å²) in [6, 6.07) is 11.0. The number of piperidine rings is 1. The van der Waals surface area contributed by atoms with Gasteiger partial charge in [0.2, 0.25) is 0 Å². The Morgan fingerprint density at radius 2 is 1.62 bits per heavy atom. The summed E-state index contributed by atoms with van der Waals surface area (Å²) in [5.41, 5.74) is 1.47. The van der Waals surface area contributed by atoms with Crippen LogP contribution in [0, 0.1) is 5.92 Å². The minimum absolute atomic E-state index is 0.828. The predicted molar refractivity (Wildman–Crippen MR) is 106 cm³/mol. The molecule has 1 heterocycles. The third-order valence-electron chi connectivity index (χ3n) is 5.21. The lowest BCUT2D eigenvalue weighted by Crippen LogP contribution is -2.34. The van der Waals surface area contributed by atoms with Crippen LogP contribution in [0.1, 0.15) is 57.9 Å². The van der Waals surface area contributed by atoms with E-state index in [4.69, 9.17) is 0 Å². The highest BCUT2D eigenvalue weighted by molar-refractivity contribution is 5.14. The first kappa shape index (κ1) is 19.5. The Bertz CT molecular complexity index is 409. The Hall–Kier alpha value is -0.860. The Labute approximate surface area is 150 Å². The summed E-state index contributed by atoms with van der Waals surface area (Å²) in [5.74, 6) is 0.828. The molecular weight excluding hydrogens is 292 g/mol. The molecule has 136 valence electrons. The highest BCUT2D eigenvalue weighted by Gasteiger charge is 2.11. The maximum atomic E-state index is 2.71. The molecule has 2 heteroatoms. The molecule has 0 amide bonds. The van der Waals surface area contributed by atoms with Gasteiger partial charge in [0.1, 0.15) is 0 Å². The first-order valence-corrected chi connectivity index (χ1v) is 10.2. The molecular formula is C22H38N2. The summed E-state index contributed by atoms with van der Waals surface area (Å²) in [5, 5.41) is 0. The number of nitrogens with zero attached hydrogens (tertiary/aromatic N) is 2. The van der Waals surface area contributed by atoms with Crippen molar-refractivity contribution in [3.05, 3.63) is 35.9 Å². The fourth-order valence-corrected chi connectivity index (χ4v) is 3.69. The fraction of sp³-hybridized carbons (Fsp3) is 0.727. The number of likely N-dealkylation sites (tertiary alicyclic amines) is 1. The highest BCUT2D eigenvalue weighted by atomic mass is 15.1. The molecule has 0 radical (unpaired) electrons. The van der Waals surface area contributed by atoms with Crippen LogP contribution in [0.2, 0.25) is 0 Å². The van der Waals surface area contributed by atoms with E-state index in [1.54, 1.807) is 0 Å². The molecule has 0 N–H and O–H groups in total. The van der Waals surface area contributed by atoms with E-state index in [2.05, 4.69) is 54.0 Å². The number of hydrogen-bond acceptors (Lipinski definition) is 2. The van der Waals surface area contributed by atoms with Gasteiger partial charge < -0.3 is 9.80 Å². The maximum absolute atomic E-state index is 2.71. The lowest BCUT2D eigenvalue weighted by molar-refractivity contribution is 0.200. The lowest BCUT2D eigenvalue weighted by Gasteiger charge is -2.28. The largest absolute Gasteiger partial charge is 0.303 e. The van der Waals surface area contributed by atoms with Crippen LogP contribution in [0.4, 0.5) is 0 Å². The van der Waals surface area contributed by atoms with Gasteiger partial charge in [-0.2, -0.15) is 0 Å². The van der Waals surface area contributed by atoms with E-state index >= 15 is 0 Å². The minimum atomic E-state index is 0.828. The zero-order chi connectivity index (χ0) is 17.0. The van der Waals surface area contributed by atoms with Gasteiger partial charge in [0.05, 0.1) is 0 Å². The summed E-state index contributed by atoms with van der Waals surface area (Å²) in [6.45, 7) is 12.4. The molecule has 24 heavy (non-hydrogen) atoms. The van der Waals surface area contributed by atoms with Crippen molar-refractivity contribution < 1.29 is 0 Å². The van der Waals surface area contributed by atoms with Gasteiger partial charge in [0.25, 0.3) is 0 Å². The van der Waals surface area contributed by atoms with E-state index < -0.39 is 0 Å². The SMILES string of the molecule is CC(C)CCCN(CCCN1CCCCC1)CCc1ccccc1. The second-order valence-electron chi connectivity index (χ2n) is 7.87. The standard InChI is InChI=1S/C22H38N2/c1-21(2)11-9-17-24(20-14-22-12-5-3-6-13-22)19-10-18-23-15-7-4-8-16-23/h3,5-6,12-13,21H,4,7-11,14-20H2,1-2H3. The van der Waals surface area contributed by atoms with Crippen molar-refractivity contribution in [2.75, 3.05) is 39.3 Å². The zero-order valence-corrected chi connectivity index (χ0v) is 16.1. The molecule has 1 aliphatic rings. The topological polar surface area (TPSA) is 6.48 Å². The second kappa shape index (κ2) is 11.7. The van der Waals surface area contributed by atoms with E-state index in [1.165, 1.54) is 89.8 Å². The van der Waals surface area contributed by atoms with Gasteiger partial charge in [0, 0.05) is 6.54 Å². The normalized spacial score (nSPS) is 16.2. The molecule has 0 aliphatic carbocycles. The van der Waals surface area contributed by atoms with E-state index in [1.807, 2.05) is 0 Å². The van der Waals surface area contributed by atoms with Gasteiger partial charge >= 0.3 is 0 Å². The first-order chi connectivity index (χ1) is 11.7. The van der Waals surface area contributed by atoms with Crippen molar-refractivity contribution in [3.63, 3.8) is 0 Å².